The number of halogens is 2. The van der Waals surface area contributed by atoms with Crippen LogP contribution in [0, 0.1) is 12.7 Å². The molecular formula is C26H24ClFN6O4. The Morgan fingerprint density at radius 2 is 1.92 bits per heavy atom. The standard InChI is InChI=1S/C26H24ClFN6O4/c1-11-29-7-14(8-30-11)13-4-12-2-3-17(21(12)16(28)5-13)31-24-15(27)6-18-25(33-24)34-26(32-18)38-20-10-37-22-19(35)9-36-23(20)22/h4-8,17,19-20,22-23,35H,2-3,9-10H2,1H3,(H2,31,32,33,34)/t17-,19+,20+,22+,23+/m0/s1. The van der Waals surface area contributed by atoms with Crippen LogP contribution in [0.3, 0.4) is 0 Å². The molecule has 0 amide bonds. The zero-order chi connectivity index (χ0) is 26.0. The fourth-order valence-electron chi connectivity index (χ4n) is 5.47. The molecule has 12 heteroatoms. The molecular weight excluding hydrogens is 515 g/mol. The number of nitrogens with zero attached hydrogens (tertiary/aromatic N) is 4. The third kappa shape index (κ3) is 4.06. The lowest BCUT2D eigenvalue weighted by atomic mass is 10.0. The average molecular weight is 539 g/mol. The van der Waals surface area contributed by atoms with E-state index < -0.39 is 18.3 Å². The fraction of sp³-hybridized carbons (Fsp3) is 0.385. The number of aryl methyl sites for hydroxylation is 2. The number of benzene rings is 1. The first-order chi connectivity index (χ1) is 18.4. The number of aromatic amines is 1. The zero-order valence-corrected chi connectivity index (χ0v) is 21.1. The molecule has 0 saturated carbocycles. The Morgan fingerprint density at radius 1 is 1.11 bits per heavy atom. The van der Waals surface area contributed by atoms with Gasteiger partial charge in [0.2, 0.25) is 0 Å². The highest BCUT2D eigenvalue weighted by atomic mass is 35.5. The molecule has 7 rings (SSSR count). The number of nitrogens with one attached hydrogen (secondary N) is 2. The number of anilines is 1. The molecule has 3 N–H and O–H groups in total. The van der Waals surface area contributed by atoms with E-state index in [-0.39, 0.29) is 37.2 Å². The van der Waals surface area contributed by atoms with E-state index >= 15 is 4.39 Å². The van der Waals surface area contributed by atoms with Crippen LogP contribution in [-0.2, 0) is 15.9 Å². The second kappa shape index (κ2) is 9.12. The van der Waals surface area contributed by atoms with E-state index in [1.54, 1.807) is 18.5 Å². The lowest BCUT2D eigenvalue weighted by Gasteiger charge is -2.17. The van der Waals surface area contributed by atoms with E-state index in [9.17, 15) is 5.11 Å². The number of H-pyrrole nitrogens is 1. The quantitative estimate of drug-likeness (QED) is 0.349. The molecule has 0 spiro atoms. The minimum Gasteiger partial charge on any atom is -0.456 e. The molecule has 2 fully saturated rings. The van der Waals surface area contributed by atoms with Crippen LogP contribution < -0.4 is 10.1 Å². The number of ether oxygens (including phenoxy) is 3. The number of rotatable bonds is 5. The van der Waals surface area contributed by atoms with Gasteiger partial charge in [-0.2, -0.15) is 4.98 Å². The summed E-state index contributed by atoms with van der Waals surface area (Å²) in [5.74, 6) is 0.787. The van der Waals surface area contributed by atoms with Gasteiger partial charge in [-0.25, -0.2) is 19.3 Å². The van der Waals surface area contributed by atoms with Crippen molar-refractivity contribution in [3.8, 4) is 17.1 Å². The summed E-state index contributed by atoms with van der Waals surface area (Å²) in [6, 6.07) is 5.19. The van der Waals surface area contributed by atoms with Gasteiger partial charge in [0.05, 0.1) is 29.8 Å². The van der Waals surface area contributed by atoms with Crippen LogP contribution in [-0.4, -0.2) is 67.7 Å². The maximum Gasteiger partial charge on any atom is 0.296 e. The maximum atomic E-state index is 15.3. The molecule has 1 aromatic carbocycles. The number of aliphatic hydroxyl groups is 1. The Morgan fingerprint density at radius 3 is 2.76 bits per heavy atom. The minimum absolute atomic E-state index is 0.216. The molecule has 5 atom stereocenters. The lowest BCUT2D eigenvalue weighted by Crippen LogP contribution is -2.34. The van der Waals surface area contributed by atoms with Crippen molar-refractivity contribution >= 4 is 28.6 Å². The molecule has 196 valence electrons. The normalized spacial score (nSPS) is 26.1. The van der Waals surface area contributed by atoms with Gasteiger partial charge in [0, 0.05) is 23.5 Å². The van der Waals surface area contributed by atoms with Crippen molar-refractivity contribution in [2.75, 3.05) is 18.5 Å². The Labute approximate surface area is 221 Å². The second-order valence-electron chi connectivity index (χ2n) is 9.84. The lowest BCUT2D eigenvalue weighted by molar-refractivity contribution is 0.00706. The Kier molecular flexibility index (Phi) is 5.69. The van der Waals surface area contributed by atoms with Gasteiger partial charge in [-0.15, -0.1) is 0 Å². The SMILES string of the molecule is Cc1ncc(-c2cc(F)c3c(c2)CC[C@@H]3Nc2nc3nc(O[C@@H]4CO[C@H]5[C@@H]4OC[C@H]5O)[nH]c3cc2Cl)cn1. The molecule has 0 bridgehead atoms. The number of aliphatic hydroxyl groups excluding tert-OH is 1. The van der Waals surface area contributed by atoms with Crippen molar-refractivity contribution in [3.05, 3.63) is 58.4 Å². The topological polar surface area (TPSA) is 127 Å². The van der Waals surface area contributed by atoms with Crippen LogP contribution in [0.15, 0.2) is 30.6 Å². The van der Waals surface area contributed by atoms with E-state index in [0.29, 0.717) is 46.2 Å². The number of imidazole rings is 1. The molecule has 1 aliphatic carbocycles. The first-order valence-corrected chi connectivity index (χ1v) is 12.8. The average Bonchev–Trinajstić information content (AvgIpc) is 3.66. The van der Waals surface area contributed by atoms with Gasteiger partial charge in [-0.3, -0.25) is 0 Å². The van der Waals surface area contributed by atoms with Crippen molar-refractivity contribution in [1.82, 2.24) is 24.9 Å². The Hall–Kier alpha value is -3.38. The summed E-state index contributed by atoms with van der Waals surface area (Å²) in [6.45, 7) is 2.32. The Bertz CT molecular complexity index is 1530. The van der Waals surface area contributed by atoms with E-state index in [0.717, 1.165) is 16.7 Å². The van der Waals surface area contributed by atoms with Gasteiger partial charge in [-0.1, -0.05) is 17.7 Å². The van der Waals surface area contributed by atoms with Gasteiger partial charge < -0.3 is 29.6 Å². The molecule has 2 saturated heterocycles. The number of aromatic nitrogens is 5. The minimum atomic E-state index is -0.660. The molecule has 4 aromatic rings. The third-order valence-corrected chi connectivity index (χ3v) is 7.63. The predicted molar refractivity (Wildman–Crippen MR) is 136 cm³/mol. The Balaban J connectivity index is 1.11. The molecule has 3 aromatic heterocycles. The van der Waals surface area contributed by atoms with Crippen LogP contribution in [0.4, 0.5) is 10.2 Å². The molecule has 0 unspecified atom stereocenters. The van der Waals surface area contributed by atoms with E-state index in [4.69, 9.17) is 25.8 Å². The van der Waals surface area contributed by atoms with Gasteiger partial charge in [-0.05, 0) is 43.0 Å². The molecule has 5 heterocycles. The van der Waals surface area contributed by atoms with Crippen LogP contribution in [0.1, 0.15) is 29.4 Å². The predicted octanol–water partition coefficient (Wildman–Crippen LogP) is 3.52. The molecule has 3 aliphatic rings. The van der Waals surface area contributed by atoms with Crippen LogP contribution >= 0.6 is 11.6 Å². The van der Waals surface area contributed by atoms with E-state index in [1.807, 2.05) is 13.0 Å². The highest BCUT2D eigenvalue weighted by molar-refractivity contribution is 6.33. The van der Waals surface area contributed by atoms with E-state index in [2.05, 4.69) is 30.2 Å². The molecule has 2 aliphatic heterocycles. The first-order valence-electron chi connectivity index (χ1n) is 12.4. The van der Waals surface area contributed by atoms with Crippen molar-refractivity contribution < 1.29 is 23.7 Å². The fourth-order valence-corrected chi connectivity index (χ4v) is 5.68. The van der Waals surface area contributed by atoms with Crippen molar-refractivity contribution in [2.45, 2.75) is 50.2 Å². The third-order valence-electron chi connectivity index (χ3n) is 7.34. The maximum absolute atomic E-state index is 15.3. The summed E-state index contributed by atoms with van der Waals surface area (Å²) >= 11 is 6.55. The summed E-state index contributed by atoms with van der Waals surface area (Å²) in [4.78, 5) is 20.6. The number of hydrogen-bond acceptors (Lipinski definition) is 9. The molecule has 10 nitrogen and oxygen atoms in total. The zero-order valence-electron chi connectivity index (χ0n) is 20.3. The summed E-state index contributed by atoms with van der Waals surface area (Å²) in [7, 11) is 0. The highest BCUT2D eigenvalue weighted by Crippen LogP contribution is 2.39. The van der Waals surface area contributed by atoms with Crippen molar-refractivity contribution in [3.63, 3.8) is 0 Å². The summed E-state index contributed by atoms with van der Waals surface area (Å²) in [6.07, 6.45) is 3.00. The van der Waals surface area contributed by atoms with Gasteiger partial charge in [0.25, 0.3) is 6.01 Å². The molecule has 0 radical (unpaired) electrons. The van der Waals surface area contributed by atoms with Crippen LogP contribution in [0.2, 0.25) is 5.02 Å². The van der Waals surface area contributed by atoms with E-state index in [1.165, 1.54) is 6.07 Å². The van der Waals surface area contributed by atoms with Gasteiger partial charge in [0.1, 0.15) is 35.8 Å². The number of hydrogen-bond donors (Lipinski definition) is 3. The summed E-state index contributed by atoms with van der Waals surface area (Å²) in [5, 5.41) is 13.6. The van der Waals surface area contributed by atoms with Crippen molar-refractivity contribution in [1.29, 1.82) is 0 Å². The molecule has 38 heavy (non-hydrogen) atoms. The van der Waals surface area contributed by atoms with Crippen LogP contribution in [0.5, 0.6) is 6.01 Å². The highest BCUT2D eigenvalue weighted by Gasteiger charge is 2.48. The van der Waals surface area contributed by atoms with Gasteiger partial charge >= 0.3 is 0 Å². The van der Waals surface area contributed by atoms with Crippen LogP contribution in [0.25, 0.3) is 22.3 Å². The number of pyridine rings is 1. The summed E-state index contributed by atoms with van der Waals surface area (Å²) in [5.41, 5.74) is 4.07. The first kappa shape index (κ1) is 23.7. The summed E-state index contributed by atoms with van der Waals surface area (Å²) < 4.78 is 32.5. The largest absolute Gasteiger partial charge is 0.456 e. The number of fused-ring (bicyclic) bond motifs is 3. The van der Waals surface area contributed by atoms with Gasteiger partial charge in [0.15, 0.2) is 11.8 Å². The van der Waals surface area contributed by atoms with Crippen molar-refractivity contribution in [2.24, 2.45) is 0 Å². The monoisotopic (exact) mass is 538 g/mol. The smallest absolute Gasteiger partial charge is 0.296 e. The second-order valence-corrected chi connectivity index (χ2v) is 10.2.